The number of amides is 2. The molecule has 0 saturated carbocycles. The maximum absolute atomic E-state index is 13.5. The van der Waals surface area contributed by atoms with E-state index in [1.807, 2.05) is 6.92 Å². The van der Waals surface area contributed by atoms with E-state index in [0.29, 0.717) is 12.6 Å². The fourth-order valence-corrected chi connectivity index (χ4v) is 4.21. The predicted molar refractivity (Wildman–Crippen MR) is 89.9 cm³/mol. The van der Waals surface area contributed by atoms with Crippen LogP contribution >= 0.6 is 0 Å². The molecule has 0 aromatic heterocycles. The normalized spacial score (nSPS) is 27.0. The summed E-state index contributed by atoms with van der Waals surface area (Å²) >= 11 is 0. The number of aryl methyl sites for hydroxylation is 1. The second kappa shape index (κ2) is 6.69. The molecule has 2 amide bonds. The predicted octanol–water partition coefficient (Wildman–Crippen LogP) is 2.20. The van der Waals surface area contributed by atoms with Crippen molar-refractivity contribution in [3.05, 3.63) is 35.1 Å². The van der Waals surface area contributed by atoms with E-state index in [0.717, 1.165) is 54.8 Å². The highest BCUT2D eigenvalue weighted by atomic mass is 19.1. The zero-order valence-corrected chi connectivity index (χ0v) is 14.5. The molecule has 2 atom stereocenters. The quantitative estimate of drug-likeness (QED) is 0.842. The van der Waals surface area contributed by atoms with Gasteiger partial charge in [0.25, 0.3) is 0 Å². The number of ether oxygens (including phenoxy) is 1. The molecule has 5 nitrogen and oxygen atoms in total. The Morgan fingerprint density at radius 2 is 2.08 bits per heavy atom. The fourth-order valence-electron chi connectivity index (χ4n) is 4.21. The number of halogens is 1. The monoisotopic (exact) mass is 336 g/mol. The molecule has 1 aromatic rings. The van der Waals surface area contributed by atoms with Gasteiger partial charge in [-0.1, -0.05) is 6.07 Å². The third-order valence-electron chi connectivity index (χ3n) is 5.82. The lowest BCUT2D eigenvalue weighted by Crippen LogP contribution is -2.61. The molecule has 3 rings (SSSR count). The van der Waals surface area contributed by atoms with Gasteiger partial charge in [0, 0.05) is 19.4 Å². The molecule has 2 unspecified atom stereocenters. The van der Waals surface area contributed by atoms with Crippen LogP contribution in [-0.4, -0.2) is 61.4 Å². The van der Waals surface area contributed by atoms with E-state index >= 15 is 0 Å². The van der Waals surface area contributed by atoms with Crippen LogP contribution in [0.3, 0.4) is 0 Å². The minimum absolute atomic E-state index is 0.0837. The molecular formula is C18H27FN3O2+. The summed E-state index contributed by atoms with van der Waals surface area (Å²) in [6.07, 6.45) is 1.79. The molecule has 2 saturated heterocycles. The van der Waals surface area contributed by atoms with Crippen molar-refractivity contribution in [1.29, 1.82) is 0 Å². The van der Waals surface area contributed by atoms with E-state index < -0.39 is 6.03 Å². The lowest BCUT2D eigenvalue weighted by molar-refractivity contribution is -0.941. The number of quaternary nitrogens is 1. The molecule has 2 N–H and O–H groups in total. The summed E-state index contributed by atoms with van der Waals surface area (Å²) in [4.78, 5) is 13.7. The molecule has 2 aliphatic heterocycles. The molecule has 2 heterocycles. The number of rotatable bonds is 2. The Bertz CT molecular complexity index is 616. The lowest BCUT2D eigenvalue weighted by Gasteiger charge is -2.49. The maximum Gasteiger partial charge on any atom is 0.315 e. The number of morpholine rings is 1. The first-order valence-corrected chi connectivity index (χ1v) is 8.65. The van der Waals surface area contributed by atoms with Crippen LogP contribution in [0.2, 0.25) is 0 Å². The molecule has 24 heavy (non-hydrogen) atoms. The number of piperidine rings is 1. The van der Waals surface area contributed by atoms with Crippen LogP contribution in [0.5, 0.6) is 0 Å². The van der Waals surface area contributed by atoms with Crippen molar-refractivity contribution in [2.75, 3.05) is 39.9 Å². The zero-order chi connectivity index (χ0) is 17.3. The van der Waals surface area contributed by atoms with Crippen LogP contribution in [0, 0.1) is 12.7 Å². The third-order valence-corrected chi connectivity index (χ3v) is 5.82. The second-order valence-electron chi connectivity index (χ2n) is 7.27. The third kappa shape index (κ3) is 3.26. The van der Waals surface area contributed by atoms with Gasteiger partial charge >= 0.3 is 6.03 Å². The lowest BCUT2D eigenvalue weighted by atomic mass is 9.87. The molecule has 0 aliphatic carbocycles. The summed E-state index contributed by atoms with van der Waals surface area (Å²) in [5.74, 6) is -0.249. The van der Waals surface area contributed by atoms with Crippen molar-refractivity contribution in [1.82, 2.24) is 4.90 Å². The van der Waals surface area contributed by atoms with Gasteiger partial charge in [0.05, 0.1) is 32.3 Å². The van der Waals surface area contributed by atoms with Crippen LogP contribution in [0.4, 0.5) is 9.18 Å². The molecule has 6 heteroatoms. The van der Waals surface area contributed by atoms with Gasteiger partial charge < -0.3 is 19.9 Å². The average Bonchev–Trinajstić information content (AvgIpc) is 2.55. The molecular weight excluding hydrogens is 309 g/mol. The highest BCUT2D eigenvalue weighted by molar-refractivity contribution is 5.73. The van der Waals surface area contributed by atoms with E-state index in [1.54, 1.807) is 11.0 Å². The number of hydrogen-bond acceptors (Lipinski definition) is 2. The number of carbonyl (C=O) groups excluding carboxylic acids is 1. The highest BCUT2D eigenvalue weighted by Gasteiger charge is 2.42. The van der Waals surface area contributed by atoms with Crippen LogP contribution in [0.25, 0.3) is 0 Å². The Morgan fingerprint density at radius 3 is 2.71 bits per heavy atom. The SMILES string of the molecule is Cc1cc(F)ccc1C1CC([N+]2(C)CCOCC2)CCN1C(N)=O. The number of nitrogens with zero attached hydrogens (tertiary/aromatic N) is 2. The molecule has 0 bridgehead atoms. The number of likely N-dealkylation sites (N-methyl/N-ethyl adjacent to an activating group) is 1. The van der Waals surface area contributed by atoms with Crippen LogP contribution in [-0.2, 0) is 4.74 Å². The van der Waals surface area contributed by atoms with E-state index in [-0.39, 0.29) is 11.9 Å². The Labute approximate surface area is 142 Å². The molecule has 1 aromatic carbocycles. The van der Waals surface area contributed by atoms with Crippen molar-refractivity contribution < 1.29 is 18.4 Å². The molecule has 132 valence electrons. The number of urea groups is 1. The standard InChI is InChI=1S/C18H26FN3O2/c1-13-11-14(19)3-4-16(13)17-12-15(5-6-21(17)18(20)23)22(2)7-9-24-10-8-22/h3-4,11,15,17H,5-10,12H2,1-2H3,(H-,20,23)/p+1. The van der Waals surface area contributed by atoms with E-state index in [9.17, 15) is 9.18 Å². The molecule has 2 aliphatic rings. The van der Waals surface area contributed by atoms with Gasteiger partial charge in [0.15, 0.2) is 0 Å². The van der Waals surface area contributed by atoms with Gasteiger partial charge in [-0.05, 0) is 30.2 Å². The van der Waals surface area contributed by atoms with Crippen molar-refractivity contribution in [3.8, 4) is 0 Å². The summed E-state index contributed by atoms with van der Waals surface area (Å²) in [5.41, 5.74) is 7.49. The molecule has 2 fully saturated rings. The molecule has 0 radical (unpaired) electrons. The maximum atomic E-state index is 13.5. The van der Waals surface area contributed by atoms with Gasteiger partial charge in [-0.3, -0.25) is 0 Å². The van der Waals surface area contributed by atoms with E-state index in [4.69, 9.17) is 10.5 Å². The number of primary amides is 1. The number of hydrogen-bond donors (Lipinski definition) is 1. The van der Waals surface area contributed by atoms with Crippen LogP contribution < -0.4 is 5.73 Å². The fraction of sp³-hybridized carbons (Fsp3) is 0.611. The van der Waals surface area contributed by atoms with Crippen molar-refractivity contribution >= 4 is 6.03 Å². The summed E-state index contributed by atoms with van der Waals surface area (Å²) in [7, 11) is 2.28. The summed E-state index contributed by atoms with van der Waals surface area (Å²) < 4.78 is 20.0. The van der Waals surface area contributed by atoms with E-state index in [2.05, 4.69) is 7.05 Å². The van der Waals surface area contributed by atoms with Gasteiger partial charge in [0.2, 0.25) is 0 Å². The second-order valence-corrected chi connectivity index (χ2v) is 7.27. The highest BCUT2D eigenvalue weighted by Crippen LogP contribution is 2.37. The van der Waals surface area contributed by atoms with Crippen LogP contribution in [0.1, 0.15) is 30.0 Å². The summed E-state index contributed by atoms with van der Waals surface area (Å²) in [6, 6.07) is 4.78. The Hall–Kier alpha value is -1.66. The number of likely N-dealkylation sites (tertiary alicyclic amines) is 1. The number of nitrogens with two attached hydrogens (primary N) is 1. The number of carbonyl (C=O) groups is 1. The van der Waals surface area contributed by atoms with Crippen molar-refractivity contribution in [3.63, 3.8) is 0 Å². The molecule has 0 spiro atoms. The summed E-state index contributed by atoms with van der Waals surface area (Å²) in [6.45, 7) is 6.11. The average molecular weight is 336 g/mol. The first-order valence-electron chi connectivity index (χ1n) is 8.65. The number of benzene rings is 1. The Morgan fingerprint density at radius 1 is 1.38 bits per heavy atom. The van der Waals surface area contributed by atoms with Gasteiger partial charge in [-0.2, -0.15) is 0 Å². The largest absolute Gasteiger partial charge is 0.370 e. The smallest absolute Gasteiger partial charge is 0.315 e. The Balaban J connectivity index is 1.88. The Kier molecular flexibility index (Phi) is 4.78. The van der Waals surface area contributed by atoms with Gasteiger partial charge in [-0.25, -0.2) is 9.18 Å². The topological polar surface area (TPSA) is 55.6 Å². The zero-order valence-electron chi connectivity index (χ0n) is 14.5. The van der Waals surface area contributed by atoms with Crippen molar-refractivity contribution in [2.45, 2.75) is 31.8 Å². The summed E-state index contributed by atoms with van der Waals surface area (Å²) in [5, 5.41) is 0. The van der Waals surface area contributed by atoms with Crippen molar-refractivity contribution in [2.24, 2.45) is 5.73 Å². The van der Waals surface area contributed by atoms with Gasteiger partial charge in [-0.15, -0.1) is 0 Å². The minimum atomic E-state index is -0.396. The van der Waals surface area contributed by atoms with E-state index in [1.165, 1.54) is 12.1 Å². The first kappa shape index (κ1) is 17.2. The van der Waals surface area contributed by atoms with Crippen LogP contribution in [0.15, 0.2) is 18.2 Å². The minimum Gasteiger partial charge on any atom is -0.370 e. The van der Waals surface area contributed by atoms with Gasteiger partial charge in [0.1, 0.15) is 18.9 Å². The first-order chi connectivity index (χ1) is 11.4.